The average molecular weight is 2060 g/mol. The summed E-state index contributed by atoms with van der Waals surface area (Å²) in [5.74, 6) is -2.27. The molecular weight excluding hydrogens is 1910 g/mol. The molecule has 1 amide bonds. The minimum atomic E-state index is -4.26. The molecule has 7 N–H and O–H groups in total. The second-order valence-electron chi connectivity index (χ2n) is 32.5. The predicted octanol–water partition coefficient (Wildman–Crippen LogP) is 16.3. The number of aliphatic hydroxyl groups is 3. The Morgan fingerprint density at radius 2 is 0.693 bits per heavy atom. The Balaban J connectivity index is 0.000000803. The first kappa shape index (κ1) is 125. The molecule has 33 nitrogen and oxygen atoms in total. The molecule has 12 rings (SSSR count). The third-order valence-corrected chi connectivity index (χ3v) is 26.4. The van der Waals surface area contributed by atoms with Crippen LogP contribution < -0.4 is 50.1 Å². The van der Waals surface area contributed by atoms with Crippen molar-refractivity contribution in [1.29, 1.82) is 0 Å². The number of rotatable bonds is 24. The molecule has 0 saturated heterocycles. The molecule has 0 radical (unpaired) electrons. The van der Waals surface area contributed by atoms with Crippen molar-refractivity contribution >= 4 is 130 Å². The van der Waals surface area contributed by atoms with Crippen molar-refractivity contribution in [3.63, 3.8) is 0 Å². The van der Waals surface area contributed by atoms with Gasteiger partial charge in [0, 0.05) is 50.6 Å². The van der Waals surface area contributed by atoms with Crippen LogP contribution in [0.25, 0.3) is 12.2 Å². The third kappa shape index (κ3) is 37.9. The summed E-state index contributed by atoms with van der Waals surface area (Å²) < 4.78 is 229. The number of anilines is 6. The highest BCUT2D eigenvalue weighted by molar-refractivity contribution is 7.93. The van der Waals surface area contributed by atoms with Gasteiger partial charge in [-0.1, -0.05) is 174 Å². The average Bonchev–Trinajstić information content (AvgIpc) is 0.746. The van der Waals surface area contributed by atoms with E-state index in [1.54, 1.807) is 126 Å². The molecule has 6 aliphatic heterocycles. The Hall–Kier alpha value is -10.0. The Labute approximate surface area is 809 Å². The number of nitrogens with one attached hydrogen (secondary N) is 1. The van der Waals surface area contributed by atoms with E-state index in [4.69, 9.17) is 34.3 Å². The Kier molecular flexibility index (Phi) is 49.2. The fourth-order valence-electron chi connectivity index (χ4n) is 13.9. The van der Waals surface area contributed by atoms with E-state index in [1.165, 1.54) is 92.3 Å². The van der Waals surface area contributed by atoms with Crippen LogP contribution >= 0.6 is 0 Å². The van der Waals surface area contributed by atoms with Crippen molar-refractivity contribution in [2.75, 3.05) is 89.5 Å². The van der Waals surface area contributed by atoms with E-state index < -0.39 is 156 Å². The minimum absolute atomic E-state index is 0.00858. The number of carboxylic acids is 3. The van der Waals surface area contributed by atoms with Gasteiger partial charge < -0.3 is 54.9 Å². The van der Waals surface area contributed by atoms with Gasteiger partial charge in [0.1, 0.15) is 46.9 Å². The van der Waals surface area contributed by atoms with Crippen LogP contribution in [0.1, 0.15) is 214 Å². The van der Waals surface area contributed by atoms with Crippen molar-refractivity contribution in [3.05, 3.63) is 168 Å². The number of hydrogen-bond acceptors (Lipinski definition) is 23. The molecule has 0 aromatic heterocycles. The zero-order valence-electron chi connectivity index (χ0n) is 83.2. The molecule has 6 heterocycles. The monoisotopic (exact) mass is 2050 g/mol. The standard InChI is InChI=1S/C15H22N2O5S.C15H19NO4S.C14H21NO4S.C13H13F2NO4S.C13H19NO4S.C12H13F2NO5S.6C2H6/c1-15(2,19)14(18)16-9-8-11-10-17(23(3,20)21)12-6-4-5-7-13(12)22-11;1-15(2)12(8-9-14(17)18)10-11-6-4-5-7-13(11)16(15)21(3,19)20;1-14(2,16)9-8-11-10-15(20(3,17)18)12-6-4-5-7-13(12)19-11;1-21(19,20)16-11-5-3-2-4-9(11)8-10(13(16,14)15)6-7-12(17)18;1-13(2,15)8-10-9-14(19(3,16)17)11-6-4-5-7-12(11)18-10;1-21(18,19)15-8-4-2-3-5-9(8)20-10(12(15,13)14)6-7-11(16)17;6*1-2/h4-7,11,19H,8-10H2,1-3H3,(H,16,18);4-7,10H,8-9H2,1-3H3,(H,17,18);4-7,11,16H,8-10H2,1-3H3;2-5,8H,6-7H2,1H3,(H,17,18);4-7,10,15H,8-9H2,1-3H3;2-5,10H,6-7H2,1H3,(H,16,17);6*1-2H3. The van der Waals surface area contributed by atoms with Gasteiger partial charge in [0.15, 0.2) is 6.10 Å². The molecule has 0 bridgehead atoms. The van der Waals surface area contributed by atoms with Crippen molar-refractivity contribution in [1.82, 2.24) is 5.32 Å². The molecule has 6 aliphatic rings. The lowest BCUT2D eigenvalue weighted by atomic mass is 9.85. The highest BCUT2D eigenvalue weighted by Gasteiger charge is 2.56. The summed E-state index contributed by atoms with van der Waals surface area (Å²) in [4.78, 5) is 43.6. The van der Waals surface area contributed by atoms with Gasteiger partial charge >= 0.3 is 30.0 Å². The molecule has 137 heavy (non-hydrogen) atoms. The molecule has 0 aliphatic carbocycles. The molecule has 43 heteroatoms. The summed E-state index contributed by atoms with van der Waals surface area (Å²) in [7, 11) is -22.1. The molecule has 774 valence electrons. The van der Waals surface area contributed by atoms with Crippen molar-refractivity contribution in [2.45, 2.75) is 262 Å². The maximum Gasteiger partial charge on any atom is 0.374 e. The van der Waals surface area contributed by atoms with E-state index in [2.05, 4.69) is 5.32 Å². The summed E-state index contributed by atoms with van der Waals surface area (Å²) >= 11 is 0. The van der Waals surface area contributed by atoms with Crippen LogP contribution in [0.15, 0.2) is 157 Å². The molecule has 6 aromatic carbocycles. The van der Waals surface area contributed by atoms with Crippen LogP contribution in [0.3, 0.4) is 0 Å². The first-order valence-electron chi connectivity index (χ1n) is 44.8. The molecule has 0 saturated carbocycles. The summed E-state index contributed by atoms with van der Waals surface area (Å²) in [6, 6.07) is 32.0. The summed E-state index contributed by atoms with van der Waals surface area (Å²) in [6.45, 7) is 38.2. The third-order valence-electron chi connectivity index (χ3n) is 19.5. The van der Waals surface area contributed by atoms with Crippen molar-refractivity contribution in [2.24, 2.45) is 0 Å². The number of aliphatic carboxylic acids is 3. The Bertz CT molecular complexity index is 5570. The number of nitrogens with zero attached hydrogens (tertiary/aromatic N) is 6. The lowest BCUT2D eigenvalue weighted by Gasteiger charge is -2.43. The number of fused-ring (bicyclic) bond motifs is 6. The van der Waals surface area contributed by atoms with Crippen LogP contribution in [0, 0.1) is 0 Å². The van der Waals surface area contributed by atoms with Crippen LogP contribution in [0.4, 0.5) is 51.7 Å². The fourth-order valence-corrected chi connectivity index (χ4v) is 20.3. The number of sulfonamides is 6. The number of benzene rings is 6. The largest absolute Gasteiger partial charge is 0.486 e. The predicted molar refractivity (Wildman–Crippen MR) is 534 cm³/mol. The zero-order chi connectivity index (χ0) is 106. The summed E-state index contributed by atoms with van der Waals surface area (Å²) in [6.07, 6.45) is 6.54. The topological polar surface area (TPSA) is 463 Å². The van der Waals surface area contributed by atoms with E-state index in [1.807, 2.05) is 107 Å². The second-order valence-corrected chi connectivity index (χ2v) is 43.7. The van der Waals surface area contributed by atoms with Gasteiger partial charge in [-0.25, -0.2) is 59.1 Å². The second kappa shape index (κ2) is 54.0. The van der Waals surface area contributed by atoms with Gasteiger partial charge in [0.2, 0.25) is 60.1 Å². The first-order valence-corrected chi connectivity index (χ1v) is 55.9. The van der Waals surface area contributed by atoms with Crippen molar-refractivity contribution in [3.8, 4) is 23.0 Å². The summed E-state index contributed by atoms with van der Waals surface area (Å²) in [5.41, 5.74) is -0.644. The maximum atomic E-state index is 14.4. The van der Waals surface area contributed by atoms with Gasteiger partial charge in [0.05, 0.1) is 108 Å². The number of carboxylic acid groups (broad SMARTS) is 3. The van der Waals surface area contributed by atoms with Gasteiger partial charge in [0.25, 0.3) is 5.91 Å². The highest BCUT2D eigenvalue weighted by Crippen LogP contribution is 2.49. The quantitative estimate of drug-likeness (QED) is 0.0219. The number of amides is 1. The Morgan fingerprint density at radius 1 is 0.387 bits per heavy atom. The lowest BCUT2D eigenvalue weighted by molar-refractivity contribution is -0.140. The summed E-state index contributed by atoms with van der Waals surface area (Å²) in [5, 5.41) is 57.9. The smallest absolute Gasteiger partial charge is 0.374 e. The van der Waals surface area contributed by atoms with Gasteiger partial charge in [-0.3, -0.25) is 36.4 Å². The molecule has 0 spiro atoms. The number of hydrogen-bond donors (Lipinski definition) is 7. The van der Waals surface area contributed by atoms with Crippen LogP contribution in [-0.4, -0.2) is 228 Å². The van der Waals surface area contributed by atoms with Crippen LogP contribution in [0.5, 0.6) is 23.0 Å². The Morgan fingerprint density at radius 3 is 1.04 bits per heavy atom. The number of halogens is 4. The van der Waals surface area contributed by atoms with Crippen LogP contribution in [-0.2, 0) is 79.3 Å². The van der Waals surface area contributed by atoms with E-state index in [9.17, 15) is 103 Å². The van der Waals surface area contributed by atoms with Gasteiger partial charge in [-0.15, -0.1) is 0 Å². The number of alkyl halides is 4. The number of ether oxygens (including phenoxy) is 4. The van der Waals surface area contributed by atoms with E-state index in [0.29, 0.717) is 90.2 Å². The fraction of sp³-hybridized carbons (Fsp3) is 0.532. The highest BCUT2D eigenvalue weighted by atomic mass is 32.2. The first-order chi connectivity index (χ1) is 63.3. The van der Waals surface area contributed by atoms with Gasteiger partial charge in [-0.05, 0) is 165 Å². The minimum Gasteiger partial charge on any atom is -0.486 e. The van der Waals surface area contributed by atoms with Crippen LogP contribution in [0.2, 0.25) is 0 Å². The molecule has 4 unspecified atom stereocenters. The lowest BCUT2D eigenvalue weighted by Crippen LogP contribution is -2.57. The number of para-hydroxylation sites is 10. The van der Waals surface area contributed by atoms with E-state index >= 15 is 0 Å². The SMILES string of the molecule is CC.CC.CC.CC.CC.CC.CC(C)(O)C(=O)NCCC1CN(S(C)(=O)=O)c2ccccc2O1.CC(C)(O)CC1CN(S(C)(=O)=O)c2ccccc2O1.CC(C)(O)CCC1CN(S(C)(=O)=O)c2ccccc2O1.CC1(C)C(CCC(=O)O)=Cc2ccccc2N1S(C)(=O)=O.CS(=O)(=O)N1c2ccccc2C=C(CCC(=O)O)C1(F)F.CS(=O)(=O)N1c2ccccc2OC(CCC(=O)O)C1(F)F. The molecule has 0 fully saturated rings. The molecular formula is C94H143F4N7O26S6. The molecule has 6 aromatic rings. The normalized spacial score (nSPS) is 17.3. The number of carbonyl (C=O) groups excluding carboxylic acids is 1. The van der Waals surface area contributed by atoms with E-state index in [-0.39, 0.29) is 76.6 Å². The van der Waals surface area contributed by atoms with Gasteiger partial charge in [-0.2, -0.15) is 17.6 Å². The molecule has 4 atom stereocenters. The maximum absolute atomic E-state index is 14.4. The number of carbonyl (C=O) groups is 4. The van der Waals surface area contributed by atoms with E-state index in [0.717, 1.165) is 23.5 Å². The zero-order valence-corrected chi connectivity index (χ0v) is 88.1. The van der Waals surface area contributed by atoms with Crippen molar-refractivity contribution < 1.29 is 137 Å².